The van der Waals surface area contributed by atoms with Crippen LogP contribution >= 0.6 is 0 Å². The van der Waals surface area contributed by atoms with E-state index in [1.807, 2.05) is 13.8 Å². The molecule has 0 bridgehead atoms. The zero-order valence-electron chi connectivity index (χ0n) is 12.1. The van der Waals surface area contributed by atoms with Crippen LogP contribution < -0.4 is 11.1 Å². The van der Waals surface area contributed by atoms with Crippen molar-refractivity contribution < 1.29 is 9.53 Å². The van der Waals surface area contributed by atoms with Gasteiger partial charge in [0.05, 0.1) is 30.0 Å². The van der Waals surface area contributed by atoms with Crippen LogP contribution in [0.25, 0.3) is 0 Å². The third-order valence-electron chi connectivity index (χ3n) is 3.77. The molecule has 2 atom stereocenters. The number of hydrogen-bond donors (Lipinski definition) is 2. The van der Waals surface area contributed by atoms with Gasteiger partial charge in [-0.3, -0.25) is 10.1 Å². The predicted octanol–water partition coefficient (Wildman–Crippen LogP) is 0.299. The Bertz CT molecular complexity index is 508. The molecule has 1 aliphatic heterocycles. The van der Waals surface area contributed by atoms with Gasteiger partial charge in [0.15, 0.2) is 0 Å². The van der Waals surface area contributed by atoms with Crippen molar-refractivity contribution in [2.24, 2.45) is 11.1 Å². The highest BCUT2D eigenvalue weighted by Gasteiger charge is 2.44. The first-order valence-corrected chi connectivity index (χ1v) is 6.88. The van der Waals surface area contributed by atoms with E-state index in [2.05, 4.69) is 20.5 Å². The molecule has 1 amide bonds. The van der Waals surface area contributed by atoms with Crippen molar-refractivity contribution in [2.75, 3.05) is 18.5 Å². The SMILES string of the molecule is CCc1nnc(NC(=O)C2(C)COCC2N)nc1CC. The summed E-state index contributed by atoms with van der Waals surface area (Å²) >= 11 is 0. The summed E-state index contributed by atoms with van der Waals surface area (Å²) in [5.41, 5.74) is 6.89. The van der Waals surface area contributed by atoms with Crippen molar-refractivity contribution >= 4 is 11.9 Å². The minimum atomic E-state index is -0.751. The maximum atomic E-state index is 12.3. The molecule has 0 radical (unpaired) electrons. The van der Waals surface area contributed by atoms with Gasteiger partial charge in [-0.1, -0.05) is 13.8 Å². The molecule has 3 N–H and O–H groups in total. The van der Waals surface area contributed by atoms with Crippen molar-refractivity contribution in [2.45, 2.75) is 39.7 Å². The molecule has 7 heteroatoms. The van der Waals surface area contributed by atoms with Gasteiger partial charge in [-0.15, -0.1) is 10.2 Å². The molecule has 2 rings (SSSR count). The van der Waals surface area contributed by atoms with Crippen LogP contribution in [0.1, 0.15) is 32.2 Å². The molecule has 1 aromatic rings. The molecular formula is C13H21N5O2. The zero-order valence-corrected chi connectivity index (χ0v) is 12.1. The van der Waals surface area contributed by atoms with Crippen molar-refractivity contribution in [3.8, 4) is 0 Å². The Morgan fingerprint density at radius 3 is 2.65 bits per heavy atom. The molecular weight excluding hydrogens is 258 g/mol. The summed E-state index contributed by atoms with van der Waals surface area (Å²) < 4.78 is 5.27. The number of amides is 1. The lowest BCUT2D eigenvalue weighted by Crippen LogP contribution is -2.47. The predicted molar refractivity (Wildman–Crippen MR) is 74.1 cm³/mol. The molecule has 0 aromatic carbocycles. The summed E-state index contributed by atoms with van der Waals surface area (Å²) in [5.74, 6) is -0.0000217. The summed E-state index contributed by atoms with van der Waals surface area (Å²) in [6, 6.07) is -0.323. The Kier molecular flexibility index (Phi) is 4.29. The van der Waals surface area contributed by atoms with E-state index in [0.717, 1.165) is 24.2 Å². The van der Waals surface area contributed by atoms with Crippen molar-refractivity contribution in [1.29, 1.82) is 0 Å². The number of carbonyl (C=O) groups is 1. The fourth-order valence-electron chi connectivity index (χ4n) is 2.16. The van der Waals surface area contributed by atoms with Gasteiger partial charge < -0.3 is 10.5 Å². The number of aryl methyl sites for hydroxylation is 2. The molecule has 1 aromatic heterocycles. The first kappa shape index (κ1) is 14.8. The Hall–Kier alpha value is -1.60. The molecule has 1 saturated heterocycles. The molecule has 2 unspecified atom stereocenters. The number of rotatable bonds is 4. The summed E-state index contributed by atoms with van der Waals surface area (Å²) in [6.45, 7) is 6.48. The third-order valence-corrected chi connectivity index (χ3v) is 3.77. The van der Waals surface area contributed by atoms with Gasteiger partial charge in [-0.25, -0.2) is 4.98 Å². The number of ether oxygens (including phenoxy) is 1. The van der Waals surface area contributed by atoms with Crippen LogP contribution in [0.3, 0.4) is 0 Å². The Morgan fingerprint density at radius 2 is 2.10 bits per heavy atom. The van der Waals surface area contributed by atoms with Gasteiger partial charge in [0, 0.05) is 6.04 Å². The minimum absolute atomic E-state index is 0.226. The Labute approximate surface area is 118 Å². The highest BCUT2D eigenvalue weighted by atomic mass is 16.5. The number of nitrogens with one attached hydrogen (secondary N) is 1. The molecule has 1 aliphatic rings. The van der Waals surface area contributed by atoms with Crippen molar-refractivity contribution in [1.82, 2.24) is 15.2 Å². The van der Waals surface area contributed by atoms with Gasteiger partial charge in [0.2, 0.25) is 11.9 Å². The van der Waals surface area contributed by atoms with Gasteiger partial charge in [-0.05, 0) is 19.8 Å². The van der Waals surface area contributed by atoms with Crippen LogP contribution in [0.4, 0.5) is 5.95 Å². The fourth-order valence-corrected chi connectivity index (χ4v) is 2.16. The van der Waals surface area contributed by atoms with Crippen LogP contribution in [0.5, 0.6) is 0 Å². The average molecular weight is 279 g/mol. The van der Waals surface area contributed by atoms with Crippen LogP contribution in [-0.2, 0) is 22.4 Å². The maximum absolute atomic E-state index is 12.3. The first-order chi connectivity index (χ1) is 9.51. The van der Waals surface area contributed by atoms with Crippen LogP contribution in [0, 0.1) is 5.41 Å². The Morgan fingerprint density at radius 1 is 1.40 bits per heavy atom. The van der Waals surface area contributed by atoms with Crippen LogP contribution in [0.2, 0.25) is 0 Å². The largest absolute Gasteiger partial charge is 0.379 e. The van der Waals surface area contributed by atoms with E-state index in [9.17, 15) is 4.79 Å². The summed E-state index contributed by atoms with van der Waals surface area (Å²) in [4.78, 5) is 16.7. The number of hydrogen-bond acceptors (Lipinski definition) is 6. The van der Waals surface area contributed by atoms with Crippen molar-refractivity contribution in [3.05, 3.63) is 11.4 Å². The topological polar surface area (TPSA) is 103 Å². The standard InChI is InChI=1S/C13H21N5O2/c1-4-8-9(5-2)17-18-12(15-8)16-11(19)13(3)7-20-6-10(13)14/h10H,4-7,14H2,1-3H3,(H,15,16,18,19). The van der Waals surface area contributed by atoms with E-state index in [0.29, 0.717) is 13.2 Å². The second-order valence-electron chi connectivity index (χ2n) is 5.23. The second kappa shape index (κ2) is 5.80. The number of carbonyl (C=O) groups excluding carboxylic acids is 1. The second-order valence-corrected chi connectivity index (χ2v) is 5.23. The van der Waals surface area contributed by atoms with E-state index in [4.69, 9.17) is 10.5 Å². The van der Waals surface area contributed by atoms with E-state index >= 15 is 0 Å². The van der Waals surface area contributed by atoms with Crippen LogP contribution in [-0.4, -0.2) is 40.3 Å². The molecule has 110 valence electrons. The summed E-state index contributed by atoms with van der Waals surface area (Å²) in [5, 5.41) is 10.7. The fraction of sp³-hybridized carbons (Fsp3) is 0.692. The van der Waals surface area contributed by atoms with Gasteiger partial charge >= 0.3 is 0 Å². The van der Waals surface area contributed by atoms with Gasteiger partial charge in [0.25, 0.3) is 0 Å². The van der Waals surface area contributed by atoms with Gasteiger partial charge in [0.1, 0.15) is 0 Å². The normalized spacial score (nSPS) is 25.7. The minimum Gasteiger partial charge on any atom is -0.379 e. The number of anilines is 1. The van der Waals surface area contributed by atoms with Crippen molar-refractivity contribution in [3.63, 3.8) is 0 Å². The average Bonchev–Trinajstić information content (AvgIpc) is 2.79. The third kappa shape index (κ3) is 2.64. The summed E-state index contributed by atoms with van der Waals surface area (Å²) in [7, 11) is 0. The van der Waals surface area contributed by atoms with E-state index in [1.165, 1.54) is 0 Å². The van der Waals surface area contributed by atoms with Gasteiger partial charge in [-0.2, -0.15) is 0 Å². The number of aromatic nitrogens is 3. The number of nitrogens with two attached hydrogens (primary N) is 1. The summed E-state index contributed by atoms with van der Waals surface area (Å²) in [6.07, 6.45) is 1.52. The number of nitrogens with zero attached hydrogens (tertiary/aromatic N) is 3. The van der Waals surface area contributed by atoms with E-state index in [-0.39, 0.29) is 17.9 Å². The lowest BCUT2D eigenvalue weighted by molar-refractivity contribution is -0.125. The maximum Gasteiger partial charge on any atom is 0.249 e. The molecule has 0 spiro atoms. The first-order valence-electron chi connectivity index (χ1n) is 6.88. The molecule has 1 fully saturated rings. The molecule has 2 heterocycles. The quantitative estimate of drug-likeness (QED) is 0.821. The monoisotopic (exact) mass is 279 g/mol. The van der Waals surface area contributed by atoms with E-state index < -0.39 is 5.41 Å². The highest BCUT2D eigenvalue weighted by Crippen LogP contribution is 2.28. The lowest BCUT2D eigenvalue weighted by Gasteiger charge is -2.24. The lowest BCUT2D eigenvalue weighted by atomic mass is 9.85. The zero-order chi connectivity index (χ0) is 14.8. The van der Waals surface area contributed by atoms with E-state index in [1.54, 1.807) is 6.92 Å². The molecule has 20 heavy (non-hydrogen) atoms. The van der Waals surface area contributed by atoms with Crippen LogP contribution in [0.15, 0.2) is 0 Å². The Balaban J connectivity index is 2.16. The molecule has 0 saturated carbocycles. The highest BCUT2D eigenvalue weighted by molar-refractivity contribution is 5.94. The smallest absolute Gasteiger partial charge is 0.249 e. The molecule has 7 nitrogen and oxygen atoms in total. The molecule has 0 aliphatic carbocycles.